The molecule has 1 aliphatic rings. The second-order valence-corrected chi connectivity index (χ2v) is 3.42. The molecule has 1 saturated heterocycles. The van der Waals surface area contributed by atoms with Crippen molar-refractivity contribution in [2.24, 2.45) is 0 Å². The molecule has 2 rings (SSSR count). The van der Waals surface area contributed by atoms with Gasteiger partial charge in [0.1, 0.15) is 0 Å². The average molecular weight is 225 g/mol. The highest BCUT2D eigenvalue weighted by Gasteiger charge is 2.23. The lowest BCUT2D eigenvalue weighted by molar-refractivity contribution is -0.389. The smallest absolute Gasteiger partial charge is 0.321 e. The molecule has 16 heavy (non-hydrogen) atoms. The first kappa shape index (κ1) is 10.6. The summed E-state index contributed by atoms with van der Waals surface area (Å²) in [4.78, 5) is 25.8. The topological polar surface area (TPSA) is 88.5 Å². The summed E-state index contributed by atoms with van der Waals surface area (Å²) in [7, 11) is 0. The molecule has 0 spiro atoms. The van der Waals surface area contributed by atoms with E-state index in [0.717, 1.165) is 0 Å². The maximum absolute atomic E-state index is 11.9. The summed E-state index contributed by atoms with van der Waals surface area (Å²) in [5, 5.41) is 10.4. The van der Waals surface area contributed by atoms with Crippen LogP contribution in [0.3, 0.4) is 0 Å². The first-order valence-corrected chi connectivity index (χ1v) is 4.89. The summed E-state index contributed by atoms with van der Waals surface area (Å²) < 4.78 is 5.12. The van der Waals surface area contributed by atoms with E-state index in [1.807, 2.05) is 0 Å². The van der Waals surface area contributed by atoms with E-state index in [2.05, 4.69) is 4.98 Å². The number of nitrogens with zero attached hydrogens (tertiary/aromatic N) is 2. The van der Waals surface area contributed by atoms with Gasteiger partial charge >= 0.3 is 5.82 Å². The monoisotopic (exact) mass is 225 g/mol. The molecular formula is C9H11N3O4. The van der Waals surface area contributed by atoms with Crippen LogP contribution < -0.4 is 0 Å². The number of nitrogens with one attached hydrogen (secondary N) is 1. The Hall–Kier alpha value is -1.89. The normalized spacial score (nSPS) is 16.1. The molecule has 0 bridgehead atoms. The number of hydrogen-bond acceptors (Lipinski definition) is 4. The van der Waals surface area contributed by atoms with Crippen molar-refractivity contribution in [2.75, 3.05) is 26.3 Å². The summed E-state index contributed by atoms with van der Waals surface area (Å²) >= 11 is 0. The molecule has 1 aliphatic heterocycles. The third-order valence-electron chi connectivity index (χ3n) is 2.40. The Morgan fingerprint density at radius 2 is 2.12 bits per heavy atom. The third kappa shape index (κ3) is 2.03. The Labute approximate surface area is 91.1 Å². The molecule has 1 N–H and O–H groups in total. The van der Waals surface area contributed by atoms with Gasteiger partial charge in [-0.1, -0.05) is 0 Å². The van der Waals surface area contributed by atoms with Gasteiger partial charge in [0.15, 0.2) is 5.69 Å². The summed E-state index contributed by atoms with van der Waals surface area (Å²) in [5.74, 6) is -0.395. The molecule has 1 aromatic rings. The van der Waals surface area contributed by atoms with Crippen molar-refractivity contribution < 1.29 is 14.5 Å². The van der Waals surface area contributed by atoms with Crippen molar-refractivity contribution in [1.82, 2.24) is 9.88 Å². The highest BCUT2D eigenvalue weighted by atomic mass is 16.6. The van der Waals surface area contributed by atoms with Gasteiger partial charge in [-0.15, -0.1) is 0 Å². The van der Waals surface area contributed by atoms with E-state index in [1.165, 1.54) is 12.1 Å². The highest BCUT2D eigenvalue weighted by Crippen LogP contribution is 2.12. The minimum absolute atomic E-state index is 0.170. The predicted molar refractivity (Wildman–Crippen MR) is 54.2 cm³/mol. The number of ether oxygens (including phenoxy) is 1. The molecule has 2 heterocycles. The zero-order valence-electron chi connectivity index (χ0n) is 8.51. The fourth-order valence-electron chi connectivity index (χ4n) is 1.55. The number of rotatable bonds is 2. The largest absolute Gasteiger partial charge is 0.378 e. The second-order valence-electron chi connectivity index (χ2n) is 3.42. The fraction of sp³-hybridized carbons (Fsp3) is 0.444. The van der Waals surface area contributed by atoms with Gasteiger partial charge in [0.05, 0.1) is 13.2 Å². The Morgan fingerprint density at radius 1 is 1.44 bits per heavy atom. The molecule has 1 fully saturated rings. The van der Waals surface area contributed by atoms with Crippen LogP contribution in [-0.2, 0) is 4.74 Å². The lowest BCUT2D eigenvalue weighted by Crippen LogP contribution is -2.40. The Balaban J connectivity index is 2.10. The van der Waals surface area contributed by atoms with Crippen LogP contribution in [0.2, 0.25) is 0 Å². The zero-order valence-corrected chi connectivity index (χ0v) is 8.51. The Bertz CT molecular complexity index is 409. The van der Waals surface area contributed by atoms with E-state index >= 15 is 0 Å². The molecule has 86 valence electrons. The van der Waals surface area contributed by atoms with E-state index in [0.29, 0.717) is 26.3 Å². The maximum atomic E-state index is 11.9. The van der Waals surface area contributed by atoms with Gasteiger partial charge in [0, 0.05) is 19.2 Å². The lowest BCUT2D eigenvalue weighted by Gasteiger charge is -2.25. The van der Waals surface area contributed by atoms with Crippen molar-refractivity contribution in [1.29, 1.82) is 0 Å². The number of carbonyl (C=O) groups excluding carboxylic acids is 1. The third-order valence-corrected chi connectivity index (χ3v) is 2.40. The first-order chi connectivity index (χ1) is 7.68. The summed E-state index contributed by atoms with van der Waals surface area (Å²) in [6, 6.07) is 2.71. The molecule has 7 nitrogen and oxygen atoms in total. The molecule has 0 radical (unpaired) electrons. The summed E-state index contributed by atoms with van der Waals surface area (Å²) in [5.41, 5.74) is 0.244. The van der Waals surface area contributed by atoms with Gasteiger partial charge in [0.2, 0.25) is 0 Å². The molecule has 0 unspecified atom stereocenters. The molecule has 7 heteroatoms. The van der Waals surface area contributed by atoms with Crippen LogP contribution in [0.4, 0.5) is 5.82 Å². The van der Waals surface area contributed by atoms with Crippen LogP contribution >= 0.6 is 0 Å². The number of carbonyl (C=O) groups is 1. The van der Waals surface area contributed by atoms with E-state index < -0.39 is 4.92 Å². The van der Waals surface area contributed by atoms with Crippen LogP contribution in [0.25, 0.3) is 0 Å². The lowest BCUT2D eigenvalue weighted by atomic mass is 10.3. The van der Waals surface area contributed by atoms with Crippen LogP contribution in [0.1, 0.15) is 10.5 Å². The zero-order chi connectivity index (χ0) is 11.5. The predicted octanol–water partition coefficient (Wildman–Crippen LogP) is 0.395. The van der Waals surface area contributed by atoms with Crippen LogP contribution in [0.15, 0.2) is 12.1 Å². The number of nitro groups is 1. The number of aromatic nitrogens is 1. The number of morpholine rings is 1. The molecular weight excluding hydrogens is 214 g/mol. The minimum atomic E-state index is -0.559. The van der Waals surface area contributed by atoms with E-state index in [1.54, 1.807) is 4.90 Å². The SMILES string of the molecule is O=C(c1ccc([N+](=O)[O-])[nH]1)N1CCOCC1. The van der Waals surface area contributed by atoms with Gasteiger partial charge in [-0.2, -0.15) is 0 Å². The average Bonchev–Trinajstić information content (AvgIpc) is 2.78. The quantitative estimate of drug-likeness (QED) is 0.582. The number of aromatic amines is 1. The van der Waals surface area contributed by atoms with Crippen molar-refractivity contribution in [3.05, 3.63) is 27.9 Å². The fourth-order valence-corrected chi connectivity index (χ4v) is 1.55. The number of H-pyrrole nitrogens is 1. The van der Waals surface area contributed by atoms with Crippen molar-refractivity contribution in [3.63, 3.8) is 0 Å². The Kier molecular flexibility index (Phi) is 2.86. The summed E-state index contributed by atoms with van der Waals surface area (Å²) in [6.07, 6.45) is 0. The van der Waals surface area contributed by atoms with Gasteiger partial charge in [0.25, 0.3) is 5.91 Å². The van der Waals surface area contributed by atoms with Crippen molar-refractivity contribution in [3.8, 4) is 0 Å². The van der Waals surface area contributed by atoms with Crippen LogP contribution in [-0.4, -0.2) is 47.0 Å². The van der Waals surface area contributed by atoms with Crippen LogP contribution in [0, 0.1) is 10.1 Å². The van der Waals surface area contributed by atoms with E-state index in [4.69, 9.17) is 4.74 Å². The highest BCUT2D eigenvalue weighted by molar-refractivity contribution is 5.92. The number of amides is 1. The van der Waals surface area contributed by atoms with E-state index in [9.17, 15) is 14.9 Å². The van der Waals surface area contributed by atoms with Crippen LogP contribution in [0.5, 0.6) is 0 Å². The summed E-state index contributed by atoms with van der Waals surface area (Å²) in [6.45, 7) is 2.06. The molecule has 1 aromatic heterocycles. The van der Waals surface area contributed by atoms with Crippen molar-refractivity contribution >= 4 is 11.7 Å². The first-order valence-electron chi connectivity index (χ1n) is 4.89. The van der Waals surface area contributed by atoms with Gasteiger partial charge in [-0.3, -0.25) is 4.79 Å². The van der Waals surface area contributed by atoms with Crippen molar-refractivity contribution in [2.45, 2.75) is 0 Å². The van der Waals surface area contributed by atoms with Gasteiger partial charge in [-0.05, 0) is 11.0 Å². The van der Waals surface area contributed by atoms with Gasteiger partial charge in [-0.25, -0.2) is 4.98 Å². The molecule has 0 saturated carbocycles. The second kappa shape index (κ2) is 4.31. The minimum Gasteiger partial charge on any atom is -0.378 e. The standard InChI is InChI=1S/C9H11N3O4/c13-9(11-3-5-16-6-4-11)7-1-2-8(10-7)12(14)15/h1-2,10H,3-6H2. The molecule has 0 aliphatic carbocycles. The number of hydrogen-bond donors (Lipinski definition) is 1. The van der Waals surface area contributed by atoms with E-state index in [-0.39, 0.29) is 17.4 Å². The van der Waals surface area contributed by atoms with Gasteiger partial charge < -0.3 is 19.8 Å². The molecule has 1 amide bonds. The maximum Gasteiger partial charge on any atom is 0.321 e. The molecule has 0 aromatic carbocycles. The molecule has 0 atom stereocenters. The Morgan fingerprint density at radius 3 is 2.69 bits per heavy atom.